The number of likely N-dealkylation sites (N-methyl/N-ethyl adjacent to an activating group) is 1. The van der Waals surface area contributed by atoms with Crippen molar-refractivity contribution >= 4 is 37.7 Å². The maximum absolute atomic E-state index is 13.5. The molecule has 4 rings (SSSR count). The first-order valence-corrected chi connectivity index (χ1v) is 12.7. The van der Waals surface area contributed by atoms with Gasteiger partial charge in [-0.15, -0.1) is 11.3 Å². The topological polar surface area (TPSA) is 43.8 Å². The maximum Gasteiger partial charge on any atom is 0.262 e. The molecule has 1 heterocycles. The van der Waals surface area contributed by atoms with Gasteiger partial charge in [0, 0.05) is 17.3 Å². The van der Waals surface area contributed by atoms with Crippen molar-refractivity contribution in [3.05, 3.63) is 101 Å². The van der Waals surface area contributed by atoms with Gasteiger partial charge in [0.25, 0.3) is 11.3 Å². The number of benzene rings is 3. The van der Waals surface area contributed by atoms with Gasteiger partial charge in [-0.25, -0.2) is 8.60 Å². The quantitative estimate of drug-likeness (QED) is 0.296. The van der Waals surface area contributed by atoms with Gasteiger partial charge in [0.15, 0.2) is 0 Å². The van der Waals surface area contributed by atoms with Gasteiger partial charge < -0.3 is 0 Å². The van der Waals surface area contributed by atoms with E-state index in [2.05, 4.69) is 17.0 Å². The standard InChI is InChI=1S/C26H27FN2O2S2/c1-19-24-10-6-7-11-25(24)32-26(19)29(33(30)31)18-23(16-20-12-14-22(27)15-13-20)28(2)17-21-8-4-3-5-9-21/h3-15,23H,16-18H2,1-2H3,(H,30,31). The molecule has 0 bridgehead atoms. The highest BCUT2D eigenvalue weighted by Gasteiger charge is 2.26. The summed E-state index contributed by atoms with van der Waals surface area (Å²) in [4.78, 5) is 2.20. The number of rotatable bonds is 9. The highest BCUT2D eigenvalue weighted by Crippen LogP contribution is 2.38. The van der Waals surface area contributed by atoms with E-state index in [1.807, 2.05) is 56.4 Å². The summed E-state index contributed by atoms with van der Waals surface area (Å²) in [6, 6.07) is 24.6. The van der Waals surface area contributed by atoms with Gasteiger partial charge in [-0.1, -0.05) is 60.7 Å². The summed E-state index contributed by atoms with van der Waals surface area (Å²) in [5, 5.41) is 1.90. The molecule has 0 spiro atoms. The zero-order chi connectivity index (χ0) is 23.4. The van der Waals surface area contributed by atoms with Gasteiger partial charge in [0.1, 0.15) is 10.8 Å². The van der Waals surface area contributed by atoms with Crippen molar-refractivity contribution < 1.29 is 13.2 Å². The van der Waals surface area contributed by atoms with Crippen LogP contribution in [0, 0.1) is 12.7 Å². The first-order chi connectivity index (χ1) is 15.9. The molecule has 0 fully saturated rings. The Morgan fingerprint density at radius 3 is 2.30 bits per heavy atom. The summed E-state index contributed by atoms with van der Waals surface area (Å²) in [5.41, 5.74) is 3.15. The molecule has 3 aromatic carbocycles. The second-order valence-corrected chi connectivity index (χ2v) is 10.1. The molecule has 0 saturated carbocycles. The maximum atomic E-state index is 13.5. The van der Waals surface area contributed by atoms with Crippen LogP contribution in [-0.2, 0) is 24.2 Å². The molecule has 33 heavy (non-hydrogen) atoms. The molecule has 1 aromatic heterocycles. The normalized spacial score (nSPS) is 13.4. The lowest BCUT2D eigenvalue weighted by atomic mass is 10.0. The number of aryl methyl sites for hydroxylation is 1. The molecule has 2 unspecified atom stereocenters. The summed E-state index contributed by atoms with van der Waals surface area (Å²) in [5.74, 6) is -0.271. The van der Waals surface area contributed by atoms with Crippen molar-refractivity contribution in [2.24, 2.45) is 0 Å². The van der Waals surface area contributed by atoms with Crippen LogP contribution in [-0.4, -0.2) is 33.3 Å². The molecule has 172 valence electrons. The molecule has 0 amide bonds. The molecule has 0 aliphatic heterocycles. The summed E-state index contributed by atoms with van der Waals surface area (Å²) < 4.78 is 38.9. The van der Waals surface area contributed by atoms with Gasteiger partial charge in [-0.3, -0.25) is 13.8 Å². The van der Waals surface area contributed by atoms with E-state index in [1.165, 1.54) is 29.0 Å². The zero-order valence-electron chi connectivity index (χ0n) is 18.6. The van der Waals surface area contributed by atoms with E-state index in [1.54, 1.807) is 16.4 Å². The minimum Gasteiger partial charge on any atom is -0.297 e. The lowest BCUT2D eigenvalue weighted by Crippen LogP contribution is -2.44. The van der Waals surface area contributed by atoms with Crippen molar-refractivity contribution in [1.29, 1.82) is 0 Å². The number of hydrogen-bond donors (Lipinski definition) is 1. The van der Waals surface area contributed by atoms with Crippen molar-refractivity contribution in [2.75, 3.05) is 17.9 Å². The van der Waals surface area contributed by atoms with Crippen LogP contribution in [0.4, 0.5) is 9.39 Å². The minimum absolute atomic E-state index is 0.0728. The summed E-state index contributed by atoms with van der Waals surface area (Å²) in [6.45, 7) is 3.05. The highest BCUT2D eigenvalue weighted by molar-refractivity contribution is 7.81. The first-order valence-electron chi connectivity index (χ1n) is 10.8. The first kappa shape index (κ1) is 23.6. The zero-order valence-corrected chi connectivity index (χ0v) is 20.3. The third-order valence-corrected chi connectivity index (χ3v) is 8.01. The Kier molecular flexibility index (Phi) is 7.55. The van der Waals surface area contributed by atoms with Crippen LogP contribution in [0.1, 0.15) is 16.7 Å². The Morgan fingerprint density at radius 1 is 0.970 bits per heavy atom. The number of thiophene rings is 1. The predicted molar refractivity (Wildman–Crippen MR) is 136 cm³/mol. The molecule has 7 heteroatoms. The SMILES string of the molecule is Cc1c(N(CC(Cc2ccc(F)cc2)N(C)Cc2ccccc2)S(=O)O)sc2ccccc12. The van der Waals surface area contributed by atoms with Gasteiger partial charge in [-0.05, 0) is 60.7 Å². The largest absolute Gasteiger partial charge is 0.297 e. The fraction of sp³-hybridized carbons (Fsp3) is 0.231. The molecule has 0 radical (unpaired) electrons. The molecule has 4 aromatic rings. The Labute approximate surface area is 200 Å². The van der Waals surface area contributed by atoms with E-state index in [9.17, 15) is 13.2 Å². The van der Waals surface area contributed by atoms with Crippen LogP contribution >= 0.6 is 11.3 Å². The molecule has 2 atom stereocenters. The second-order valence-electron chi connectivity index (χ2n) is 8.21. The van der Waals surface area contributed by atoms with Crippen LogP contribution in [0.3, 0.4) is 0 Å². The van der Waals surface area contributed by atoms with Crippen LogP contribution in [0.5, 0.6) is 0 Å². The Bertz CT molecular complexity index is 1230. The van der Waals surface area contributed by atoms with Crippen LogP contribution in [0.2, 0.25) is 0 Å². The molecule has 0 aliphatic carbocycles. The number of nitrogens with zero attached hydrogens (tertiary/aromatic N) is 2. The van der Waals surface area contributed by atoms with Crippen LogP contribution < -0.4 is 4.31 Å². The predicted octanol–water partition coefficient (Wildman–Crippen LogP) is 6.04. The Balaban J connectivity index is 1.65. The van der Waals surface area contributed by atoms with Crippen LogP contribution in [0.15, 0.2) is 78.9 Å². The van der Waals surface area contributed by atoms with Crippen molar-refractivity contribution in [1.82, 2.24) is 4.90 Å². The monoisotopic (exact) mass is 482 g/mol. The fourth-order valence-corrected chi connectivity index (χ4v) is 6.07. The number of hydrogen-bond acceptors (Lipinski definition) is 3. The minimum atomic E-state index is -2.18. The summed E-state index contributed by atoms with van der Waals surface area (Å²) >= 11 is -0.648. The average Bonchev–Trinajstić information content (AvgIpc) is 3.14. The fourth-order valence-electron chi connectivity index (χ4n) is 4.06. The number of fused-ring (bicyclic) bond motifs is 1. The second kappa shape index (κ2) is 10.6. The highest BCUT2D eigenvalue weighted by atomic mass is 32.2. The third-order valence-electron chi connectivity index (χ3n) is 5.89. The number of halogens is 1. The van der Waals surface area contributed by atoms with Gasteiger partial charge in [0.2, 0.25) is 0 Å². The molecule has 1 N–H and O–H groups in total. The van der Waals surface area contributed by atoms with E-state index in [-0.39, 0.29) is 11.9 Å². The summed E-state index contributed by atoms with van der Waals surface area (Å²) in [7, 11) is 2.03. The van der Waals surface area contributed by atoms with E-state index < -0.39 is 11.3 Å². The Hall–Kier alpha value is -2.58. The van der Waals surface area contributed by atoms with Gasteiger partial charge in [0.05, 0.1) is 6.54 Å². The summed E-state index contributed by atoms with van der Waals surface area (Å²) in [6.07, 6.45) is 0.626. The van der Waals surface area contributed by atoms with Crippen LogP contribution in [0.25, 0.3) is 10.1 Å². The molecule has 4 nitrogen and oxygen atoms in total. The average molecular weight is 483 g/mol. The number of anilines is 1. The molecular weight excluding hydrogens is 455 g/mol. The van der Waals surface area contributed by atoms with Gasteiger partial charge >= 0.3 is 0 Å². The molecular formula is C26H27FN2O2S2. The Morgan fingerprint density at radius 2 is 1.64 bits per heavy atom. The smallest absolute Gasteiger partial charge is 0.262 e. The third kappa shape index (κ3) is 5.68. The molecule has 0 aliphatic rings. The molecule has 0 saturated heterocycles. The van der Waals surface area contributed by atoms with Crippen molar-refractivity contribution in [3.63, 3.8) is 0 Å². The van der Waals surface area contributed by atoms with Crippen molar-refractivity contribution in [2.45, 2.75) is 25.9 Å². The van der Waals surface area contributed by atoms with E-state index >= 15 is 0 Å². The lowest BCUT2D eigenvalue weighted by molar-refractivity contribution is 0.237. The van der Waals surface area contributed by atoms with E-state index in [0.29, 0.717) is 19.5 Å². The van der Waals surface area contributed by atoms with E-state index in [0.717, 1.165) is 26.2 Å². The van der Waals surface area contributed by atoms with E-state index in [4.69, 9.17) is 0 Å². The van der Waals surface area contributed by atoms with Crippen molar-refractivity contribution in [3.8, 4) is 0 Å². The lowest BCUT2D eigenvalue weighted by Gasteiger charge is -2.32. The van der Waals surface area contributed by atoms with Gasteiger partial charge in [-0.2, -0.15) is 0 Å².